The van der Waals surface area contributed by atoms with Crippen LogP contribution >= 0.6 is 33.9 Å². The van der Waals surface area contributed by atoms with E-state index in [1.165, 1.54) is 47.6 Å². The molecule has 2 heterocycles. The number of alkyl halides is 3. The van der Waals surface area contributed by atoms with Crippen LogP contribution in [0.5, 0.6) is 0 Å². The predicted molar refractivity (Wildman–Crippen MR) is 106 cm³/mol. The zero-order chi connectivity index (χ0) is 19.8. The third kappa shape index (κ3) is 4.00. The summed E-state index contributed by atoms with van der Waals surface area (Å²) in [6.45, 7) is 3.06. The van der Waals surface area contributed by atoms with Crippen molar-refractivity contribution >= 4 is 45.5 Å². The number of aromatic nitrogens is 3. The number of hydrogen-bond donors (Lipinski definition) is 1. The number of benzene rings is 1. The van der Waals surface area contributed by atoms with Crippen LogP contribution in [0, 0.1) is 10.5 Å². The van der Waals surface area contributed by atoms with Crippen LogP contribution in [0.15, 0.2) is 30.0 Å². The van der Waals surface area contributed by atoms with Crippen molar-refractivity contribution in [2.24, 2.45) is 0 Å². The van der Waals surface area contributed by atoms with Gasteiger partial charge in [0, 0.05) is 29.8 Å². The smallest absolute Gasteiger partial charge is 0.325 e. The van der Waals surface area contributed by atoms with E-state index in [2.05, 4.69) is 15.4 Å². The van der Waals surface area contributed by atoms with Crippen LogP contribution < -0.4 is 5.32 Å². The van der Waals surface area contributed by atoms with Crippen LogP contribution in [-0.4, -0.2) is 20.7 Å². The number of hydrogen-bond acceptors (Lipinski definition) is 4. The second-order valence-electron chi connectivity index (χ2n) is 5.66. The number of halogens is 4. The minimum atomic E-state index is -4.60. The summed E-state index contributed by atoms with van der Waals surface area (Å²) in [4.78, 5) is 16.1. The first kappa shape index (κ1) is 19.8. The van der Waals surface area contributed by atoms with E-state index in [4.69, 9.17) is 0 Å². The first-order valence-electron chi connectivity index (χ1n) is 7.87. The van der Waals surface area contributed by atoms with E-state index < -0.39 is 11.7 Å². The number of carbonyl (C=O) groups is 1. The SMILES string of the molecule is CCC(=O)Nc1cc(-n2cc(I)cn2)c(C(F)(F)F)c(C)c1-c1nccs1. The van der Waals surface area contributed by atoms with Crippen LogP contribution in [-0.2, 0) is 11.0 Å². The molecule has 0 fully saturated rings. The van der Waals surface area contributed by atoms with Crippen LogP contribution in [0.1, 0.15) is 24.5 Å². The Labute approximate surface area is 170 Å². The topological polar surface area (TPSA) is 59.8 Å². The second kappa shape index (κ2) is 7.58. The van der Waals surface area contributed by atoms with Gasteiger partial charge in [-0.1, -0.05) is 6.92 Å². The van der Waals surface area contributed by atoms with Gasteiger partial charge in [0.2, 0.25) is 5.91 Å². The summed E-state index contributed by atoms with van der Waals surface area (Å²) >= 11 is 3.19. The highest BCUT2D eigenvalue weighted by Crippen LogP contribution is 2.44. The lowest BCUT2D eigenvalue weighted by atomic mass is 9.97. The van der Waals surface area contributed by atoms with Gasteiger partial charge in [0.25, 0.3) is 0 Å². The van der Waals surface area contributed by atoms with Gasteiger partial charge in [0.15, 0.2) is 0 Å². The molecule has 0 bridgehead atoms. The number of rotatable bonds is 4. The normalized spacial score (nSPS) is 11.6. The molecule has 5 nitrogen and oxygen atoms in total. The van der Waals surface area contributed by atoms with E-state index >= 15 is 0 Å². The Bertz CT molecular complexity index is 983. The summed E-state index contributed by atoms with van der Waals surface area (Å²) in [5.74, 6) is -0.298. The molecule has 0 radical (unpaired) electrons. The van der Waals surface area contributed by atoms with Crippen LogP contribution in [0.4, 0.5) is 18.9 Å². The fourth-order valence-corrected chi connectivity index (χ4v) is 3.87. The van der Waals surface area contributed by atoms with Crippen molar-refractivity contribution in [2.45, 2.75) is 26.4 Å². The lowest BCUT2D eigenvalue weighted by molar-refractivity contribution is -0.138. The molecule has 1 amide bonds. The predicted octanol–water partition coefficient (Wildman–Crippen LogP) is 5.28. The molecule has 0 atom stereocenters. The fourth-order valence-electron chi connectivity index (χ4n) is 2.73. The number of thiazole rings is 1. The lowest BCUT2D eigenvalue weighted by Gasteiger charge is -2.21. The molecule has 10 heteroatoms. The van der Waals surface area contributed by atoms with Crippen molar-refractivity contribution in [3.8, 4) is 16.3 Å². The molecule has 3 rings (SSSR count). The number of nitrogens with zero attached hydrogens (tertiary/aromatic N) is 3. The molecular formula is C17H14F3IN4OS. The maximum absolute atomic E-state index is 13.9. The maximum atomic E-state index is 13.9. The number of nitrogens with one attached hydrogen (secondary N) is 1. The summed E-state index contributed by atoms with van der Waals surface area (Å²) in [5, 5.41) is 8.81. The molecule has 142 valence electrons. The minimum Gasteiger partial charge on any atom is -0.325 e. The molecule has 2 aromatic heterocycles. The van der Waals surface area contributed by atoms with Crippen molar-refractivity contribution in [1.29, 1.82) is 0 Å². The number of amides is 1. The van der Waals surface area contributed by atoms with E-state index in [0.29, 0.717) is 8.58 Å². The fraction of sp³-hybridized carbons (Fsp3) is 0.235. The Morgan fingerprint density at radius 3 is 2.67 bits per heavy atom. The van der Waals surface area contributed by atoms with Crippen LogP contribution in [0.3, 0.4) is 0 Å². The highest BCUT2D eigenvalue weighted by molar-refractivity contribution is 14.1. The van der Waals surface area contributed by atoms with Crippen molar-refractivity contribution in [2.75, 3.05) is 5.32 Å². The molecule has 3 aromatic rings. The zero-order valence-corrected chi connectivity index (χ0v) is 17.2. The van der Waals surface area contributed by atoms with Crippen LogP contribution in [0.2, 0.25) is 0 Å². The van der Waals surface area contributed by atoms with Gasteiger partial charge < -0.3 is 5.32 Å². The van der Waals surface area contributed by atoms with Gasteiger partial charge in [-0.3, -0.25) is 4.79 Å². The van der Waals surface area contributed by atoms with E-state index in [1.807, 2.05) is 22.6 Å². The highest BCUT2D eigenvalue weighted by atomic mass is 127. The van der Waals surface area contributed by atoms with Crippen molar-refractivity contribution in [3.63, 3.8) is 0 Å². The largest absolute Gasteiger partial charge is 0.418 e. The molecule has 0 aliphatic heterocycles. The minimum absolute atomic E-state index is 0.00754. The molecule has 0 saturated carbocycles. The second-order valence-corrected chi connectivity index (χ2v) is 7.80. The average Bonchev–Trinajstić information content (AvgIpc) is 3.24. The van der Waals surface area contributed by atoms with Crippen molar-refractivity contribution < 1.29 is 18.0 Å². The van der Waals surface area contributed by atoms with E-state index in [9.17, 15) is 18.0 Å². The monoisotopic (exact) mass is 506 g/mol. The van der Waals surface area contributed by atoms with Gasteiger partial charge in [0.1, 0.15) is 5.01 Å². The maximum Gasteiger partial charge on any atom is 0.418 e. The number of carbonyl (C=O) groups excluding carboxylic acids is 1. The summed E-state index contributed by atoms with van der Waals surface area (Å²) in [6, 6.07) is 1.31. The molecule has 0 spiro atoms. The Hall–Kier alpha value is -1.95. The molecule has 1 N–H and O–H groups in total. The average molecular weight is 506 g/mol. The lowest BCUT2D eigenvalue weighted by Crippen LogP contribution is -2.17. The molecule has 0 aliphatic rings. The van der Waals surface area contributed by atoms with E-state index in [-0.39, 0.29) is 34.8 Å². The first-order valence-corrected chi connectivity index (χ1v) is 9.83. The Kier molecular flexibility index (Phi) is 5.56. The van der Waals surface area contributed by atoms with Gasteiger partial charge in [-0.25, -0.2) is 9.67 Å². The summed E-state index contributed by atoms with van der Waals surface area (Å²) in [6.07, 6.45) is 0.0819. The van der Waals surface area contributed by atoms with Gasteiger partial charge >= 0.3 is 6.18 Å². The molecule has 0 saturated heterocycles. The molecule has 27 heavy (non-hydrogen) atoms. The van der Waals surface area contributed by atoms with Crippen LogP contribution in [0.25, 0.3) is 16.3 Å². The molecule has 0 aliphatic carbocycles. The van der Waals surface area contributed by atoms with Crippen molar-refractivity contribution in [1.82, 2.24) is 14.8 Å². The third-order valence-corrected chi connectivity index (χ3v) is 5.23. The zero-order valence-electron chi connectivity index (χ0n) is 14.3. The summed E-state index contributed by atoms with van der Waals surface area (Å²) < 4.78 is 43.7. The number of anilines is 1. The summed E-state index contributed by atoms with van der Waals surface area (Å²) in [7, 11) is 0. The van der Waals surface area contributed by atoms with Gasteiger partial charge in [-0.15, -0.1) is 11.3 Å². The van der Waals surface area contributed by atoms with Gasteiger partial charge in [-0.2, -0.15) is 18.3 Å². The highest BCUT2D eigenvalue weighted by Gasteiger charge is 2.38. The first-order chi connectivity index (χ1) is 12.7. The van der Waals surface area contributed by atoms with Gasteiger partial charge in [-0.05, 0) is 41.1 Å². The molecule has 1 aromatic carbocycles. The van der Waals surface area contributed by atoms with Gasteiger partial charge in [0.05, 0.1) is 26.7 Å². The standard InChI is InChI=1S/C17H14F3IN4OS/c1-3-13(26)24-11-6-12(25-8-10(21)7-23-25)15(17(18,19)20)9(2)14(11)16-22-4-5-27-16/h4-8H,3H2,1-2H3,(H,24,26). The van der Waals surface area contributed by atoms with E-state index in [0.717, 1.165) is 0 Å². The third-order valence-electron chi connectivity index (χ3n) is 3.88. The summed E-state index contributed by atoms with van der Waals surface area (Å²) in [5.41, 5.74) is -0.407. The van der Waals surface area contributed by atoms with Crippen molar-refractivity contribution in [3.05, 3.63) is 44.7 Å². The quantitative estimate of drug-likeness (QED) is 0.491. The van der Waals surface area contributed by atoms with E-state index in [1.54, 1.807) is 12.3 Å². The Balaban J connectivity index is 2.35. The molecular weight excluding hydrogens is 492 g/mol. The molecule has 0 unspecified atom stereocenters. The Morgan fingerprint density at radius 2 is 2.15 bits per heavy atom. The Morgan fingerprint density at radius 1 is 1.41 bits per heavy atom.